The number of amides is 2. The van der Waals surface area contributed by atoms with E-state index in [1.807, 2.05) is 24.3 Å². The zero-order valence-electron chi connectivity index (χ0n) is 21.1. The highest BCUT2D eigenvalue weighted by atomic mass is 35.5. The Morgan fingerprint density at radius 3 is 2.38 bits per heavy atom. The second kappa shape index (κ2) is 12.1. The predicted molar refractivity (Wildman–Crippen MR) is 150 cm³/mol. The average Bonchev–Trinajstić information content (AvgIpc) is 2.95. The smallest absolute Gasteiger partial charge is 0.265 e. The van der Waals surface area contributed by atoms with Crippen molar-refractivity contribution in [1.29, 1.82) is 0 Å². The normalized spacial score (nSPS) is 16.4. The minimum Gasteiger partial charge on any atom is -0.482 e. The van der Waals surface area contributed by atoms with Crippen LogP contribution in [0.25, 0.3) is 11.1 Å². The SMILES string of the molecule is CN(C(=O)CN1C(=O)COc2cc(Cl)c(Cl)cc21)C(CN1CCOCC1)c1ccc(-c2cnc(Cl)nc2)cc1. The third-order valence-electron chi connectivity index (χ3n) is 6.88. The molecule has 12 heteroatoms. The van der Waals surface area contributed by atoms with Crippen LogP contribution in [0.3, 0.4) is 0 Å². The van der Waals surface area contributed by atoms with Crippen molar-refractivity contribution in [2.24, 2.45) is 0 Å². The molecule has 2 aliphatic heterocycles. The monoisotopic (exact) mass is 589 g/mol. The van der Waals surface area contributed by atoms with Crippen molar-refractivity contribution in [1.82, 2.24) is 19.8 Å². The fourth-order valence-electron chi connectivity index (χ4n) is 4.63. The fraction of sp³-hybridized carbons (Fsp3) is 0.333. The van der Waals surface area contributed by atoms with E-state index in [9.17, 15) is 9.59 Å². The predicted octanol–water partition coefficient (Wildman–Crippen LogP) is 4.36. The molecule has 39 heavy (non-hydrogen) atoms. The van der Waals surface area contributed by atoms with Crippen LogP contribution in [0.2, 0.25) is 15.3 Å². The molecule has 0 radical (unpaired) electrons. The summed E-state index contributed by atoms with van der Waals surface area (Å²) in [7, 11) is 1.76. The van der Waals surface area contributed by atoms with E-state index in [-0.39, 0.29) is 41.3 Å². The largest absolute Gasteiger partial charge is 0.482 e. The number of hydrogen-bond acceptors (Lipinski definition) is 7. The molecule has 0 aliphatic carbocycles. The topological polar surface area (TPSA) is 88.1 Å². The molecule has 1 saturated heterocycles. The number of likely N-dealkylation sites (N-methyl/N-ethyl adjacent to an activating group) is 1. The molecule has 0 bridgehead atoms. The maximum absolute atomic E-state index is 13.7. The number of morpholine rings is 1. The van der Waals surface area contributed by atoms with Gasteiger partial charge in [0.05, 0.1) is 35.0 Å². The summed E-state index contributed by atoms with van der Waals surface area (Å²) in [5.41, 5.74) is 3.14. The van der Waals surface area contributed by atoms with E-state index in [1.165, 1.54) is 4.90 Å². The van der Waals surface area contributed by atoms with Crippen LogP contribution in [-0.2, 0) is 14.3 Å². The van der Waals surface area contributed by atoms with Crippen LogP contribution in [0.15, 0.2) is 48.8 Å². The molecule has 1 fully saturated rings. The summed E-state index contributed by atoms with van der Waals surface area (Å²) < 4.78 is 11.0. The van der Waals surface area contributed by atoms with Gasteiger partial charge < -0.3 is 14.4 Å². The molecule has 3 aromatic rings. The number of hydrogen-bond donors (Lipinski definition) is 0. The maximum atomic E-state index is 13.7. The molecule has 2 aliphatic rings. The molecule has 9 nitrogen and oxygen atoms in total. The molecular formula is C27H26Cl3N5O4. The van der Waals surface area contributed by atoms with Gasteiger partial charge in [-0.15, -0.1) is 0 Å². The first-order chi connectivity index (χ1) is 18.8. The Bertz CT molecular complexity index is 1350. The summed E-state index contributed by atoms with van der Waals surface area (Å²) in [6.45, 7) is 3.09. The van der Waals surface area contributed by atoms with E-state index < -0.39 is 0 Å². The second-order valence-electron chi connectivity index (χ2n) is 9.30. The summed E-state index contributed by atoms with van der Waals surface area (Å²) in [4.78, 5) is 39.9. The van der Waals surface area contributed by atoms with Gasteiger partial charge in [0.2, 0.25) is 11.2 Å². The Morgan fingerprint density at radius 1 is 1.03 bits per heavy atom. The number of ether oxygens (including phenoxy) is 2. The molecule has 1 unspecified atom stereocenters. The van der Waals surface area contributed by atoms with Crippen molar-refractivity contribution < 1.29 is 19.1 Å². The second-order valence-corrected chi connectivity index (χ2v) is 10.5. The van der Waals surface area contributed by atoms with E-state index >= 15 is 0 Å². The lowest BCUT2D eigenvalue weighted by Gasteiger charge is -2.37. The highest BCUT2D eigenvalue weighted by Gasteiger charge is 2.32. The van der Waals surface area contributed by atoms with E-state index in [0.29, 0.717) is 36.2 Å². The third-order valence-corrected chi connectivity index (χ3v) is 7.80. The summed E-state index contributed by atoms with van der Waals surface area (Å²) in [6, 6.07) is 10.8. The van der Waals surface area contributed by atoms with Crippen LogP contribution in [0.5, 0.6) is 5.75 Å². The Morgan fingerprint density at radius 2 is 1.69 bits per heavy atom. The minimum atomic E-state index is -0.332. The lowest BCUT2D eigenvalue weighted by atomic mass is 10.0. The van der Waals surface area contributed by atoms with Crippen LogP contribution >= 0.6 is 34.8 Å². The number of fused-ring (bicyclic) bond motifs is 1. The van der Waals surface area contributed by atoms with Crippen molar-refractivity contribution in [3.05, 3.63) is 69.7 Å². The zero-order chi connectivity index (χ0) is 27.5. The van der Waals surface area contributed by atoms with Crippen LogP contribution in [0.1, 0.15) is 11.6 Å². The summed E-state index contributed by atoms with van der Waals surface area (Å²) in [6.07, 6.45) is 3.34. The van der Waals surface area contributed by atoms with Crippen molar-refractivity contribution in [3.8, 4) is 16.9 Å². The van der Waals surface area contributed by atoms with Crippen LogP contribution < -0.4 is 9.64 Å². The number of benzene rings is 2. The summed E-state index contributed by atoms with van der Waals surface area (Å²) >= 11 is 18.2. The number of anilines is 1. The zero-order valence-corrected chi connectivity index (χ0v) is 23.4. The lowest BCUT2D eigenvalue weighted by Crippen LogP contribution is -2.48. The molecule has 2 aromatic carbocycles. The molecule has 0 N–H and O–H groups in total. The first-order valence-electron chi connectivity index (χ1n) is 12.4. The number of rotatable bonds is 7. The highest BCUT2D eigenvalue weighted by molar-refractivity contribution is 6.42. The van der Waals surface area contributed by atoms with E-state index in [2.05, 4.69) is 14.9 Å². The van der Waals surface area contributed by atoms with Gasteiger partial charge in [-0.1, -0.05) is 47.5 Å². The van der Waals surface area contributed by atoms with Gasteiger partial charge in [-0.3, -0.25) is 19.4 Å². The molecule has 0 saturated carbocycles. The molecule has 1 aromatic heterocycles. The molecule has 1 atom stereocenters. The maximum Gasteiger partial charge on any atom is 0.265 e. The molecular weight excluding hydrogens is 565 g/mol. The third kappa shape index (κ3) is 6.28. The summed E-state index contributed by atoms with van der Waals surface area (Å²) in [5.74, 6) is -0.149. The van der Waals surface area contributed by atoms with Crippen LogP contribution in [-0.4, -0.2) is 84.6 Å². The minimum absolute atomic E-state index is 0.163. The van der Waals surface area contributed by atoms with Crippen molar-refractivity contribution >= 4 is 52.3 Å². The van der Waals surface area contributed by atoms with Crippen molar-refractivity contribution in [2.75, 3.05) is 57.9 Å². The van der Waals surface area contributed by atoms with Gasteiger partial charge in [0.25, 0.3) is 5.91 Å². The molecule has 3 heterocycles. The Kier molecular flexibility index (Phi) is 8.54. The quantitative estimate of drug-likeness (QED) is 0.378. The van der Waals surface area contributed by atoms with Crippen molar-refractivity contribution in [3.63, 3.8) is 0 Å². The lowest BCUT2D eigenvalue weighted by molar-refractivity contribution is -0.133. The first kappa shape index (κ1) is 27.6. The molecule has 5 rings (SSSR count). The van der Waals surface area contributed by atoms with Gasteiger partial charge in [0.15, 0.2) is 6.61 Å². The average molecular weight is 591 g/mol. The van der Waals surface area contributed by atoms with Gasteiger partial charge in [0, 0.05) is 50.7 Å². The number of halogens is 3. The van der Waals surface area contributed by atoms with Crippen LogP contribution in [0, 0.1) is 0 Å². The van der Waals surface area contributed by atoms with Gasteiger partial charge in [-0.2, -0.15) is 0 Å². The van der Waals surface area contributed by atoms with Gasteiger partial charge >= 0.3 is 0 Å². The highest BCUT2D eigenvalue weighted by Crippen LogP contribution is 2.39. The number of nitrogens with zero attached hydrogens (tertiary/aromatic N) is 5. The van der Waals surface area contributed by atoms with E-state index in [0.717, 1.165) is 29.8 Å². The fourth-order valence-corrected chi connectivity index (χ4v) is 5.04. The van der Waals surface area contributed by atoms with E-state index in [1.54, 1.807) is 36.5 Å². The van der Waals surface area contributed by atoms with E-state index in [4.69, 9.17) is 44.3 Å². The van der Waals surface area contributed by atoms with Gasteiger partial charge in [-0.25, -0.2) is 9.97 Å². The van der Waals surface area contributed by atoms with Crippen LogP contribution in [0.4, 0.5) is 5.69 Å². The Balaban J connectivity index is 1.39. The Hall–Kier alpha value is -2.95. The van der Waals surface area contributed by atoms with Gasteiger partial charge in [-0.05, 0) is 28.8 Å². The standard InChI is InChI=1S/C27H26Cl3N5O4/c1-33(25(36)15-35-22-10-20(28)21(29)11-24(22)39-16-26(35)37)23(14-34-6-8-38-9-7-34)18-4-2-17(3-5-18)19-12-31-27(30)32-13-19/h2-5,10-13,23H,6-9,14-16H2,1H3. The number of carbonyl (C=O) groups is 2. The van der Waals surface area contributed by atoms with Crippen molar-refractivity contribution in [2.45, 2.75) is 6.04 Å². The van der Waals surface area contributed by atoms with Gasteiger partial charge in [0.1, 0.15) is 12.3 Å². The number of aromatic nitrogens is 2. The molecule has 204 valence electrons. The Labute approximate surface area is 241 Å². The summed E-state index contributed by atoms with van der Waals surface area (Å²) in [5, 5.41) is 0.774. The first-order valence-corrected chi connectivity index (χ1v) is 13.5. The molecule has 0 spiro atoms. The number of carbonyl (C=O) groups excluding carboxylic acids is 2. The molecule has 2 amide bonds.